The normalized spacial score (nSPS) is 9.58. The molecule has 0 atom stereocenters. The van der Waals surface area contributed by atoms with E-state index in [0.717, 1.165) is 17.9 Å². The first-order chi connectivity index (χ1) is 5.81. The van der Waals surface area contributed by atoms with Crippen LogP contribution >= 0.6 is 0 Å². The lowest BCUT2D eigenvalue weighted by atomic mass is 10.3. The van der Waals surface area contributed by atoms with Crippen molar-refractivity contribution in [1.29, 1.82) is 0 Å². The molecule has 0 aromatic carbocycles. The fourth-order valence-corrected chi connectivity index (χ4v) is 0.923. The van der Waals surface area contributed by atoms with Gasteiger partial charge >= 0.3 is 0 Å². The maximum absolute atomic E-state index is 5.07. The van der Waals surface area contributed by atoms with E-state index in [4.69, 9.17) is 4.74 Å². The molecule has 0 aliphatic rings. The van der Waals surface area contributed by atoms with E-state index >= 15 is 0 Å². The van der Waals surface area contributed by atoms with Gasteiger partial charge in [-0.3, -0.25) is 4.98 Å². The predicted molar refractivity (Wildman–Crippen MR) is 47.5 cm³/mol. The molecule has 0 radical (unpaired) electrons. The summed E-state index contributed by atoms with van der Waals surface area (Å²) in [6, 6.07) is 0. The molecule has 12 heavy (non-hydrogen) atoms. The molecule has 0 fully saturated rings. The molecule has 0 unspecified atom stereocenters. The topological polar surface area (TPSA) is 47.0 Å². The summed E-state index contributed by atoms with van der Waals surface area (Å²) in [6.07, 6.45) is 2.53. The van der Waals surface area contributed by atoms with E-state index in [9.17, 15) is 0 Å². The minimum Gasteiger partial charge on any atom is -0.480 e. The van der Waals surface area contributed by atoms with E-state index in [-0.39, 0.29) is 0 Å². The monoisotopic (exact) mass is 167 g/mol. The van der Waals surface area contributed by atoms with Gasteiger partial charge in [0.15, 0.2) is 0 Å². The highest BCUT2D eigenvalue weighted by Crippen LogP contribution is 2.14. The van der Waals surface area contributed by atoms with Gasteiger partial charge in [-0.2, -0.15) is 4.98 Å². The Morgan fingerprint density at radius 3 is 2.83 bits per heavy atom. The second-order valence-electron chi connectivity index (χ2n) is 2.31. The van der Waals surface area contributed by atoms with Crippen molar-refractivity contribution in [1.82, 2.24) is 9.97 Å². The molecular weight excluding hydrogens is 154 g/mol. The van der Waals surface area contributed by atoms with Gasteiger partial charge in [0.1, 0.15) is 11.5 Å². The molecule has 0 saturated heterocycles. The van der Waals surface area contributed by atoms with Crippen LogP contribution in [0.2, 0.25) is 0 Å². The highest BCUT2D eigenvalue weighted by Gasteiger charge is 2.04. The van der Waals surface area contributed by atoms with Crippen LogP contribution in [0.1, 0.15) is 12.6 Å². The van der Waals surface area contributed by atoms with E-state index < -0.39 is 0 Å². The number of ether oxygens (including phenoxy) is 1. The zero-order valence-corrected chi connectivity index (χ0v) is 7.59. The largest absolute Gasteiger partial charge is 0.480 e. The fourth-order valence-electron chi connectivity index (χ4n) is 0.923. The maximum Gasteiger partial charge on any atom is 0.237 e. The summed E-state index contributed by atoms with van der Waals surface area (Å²) in [5, 5.41) is 2.90. The number of aryl methyl sites for hydroxylation is 1. The smallest absolute Gasteiger partial charge is 0.237 e. The number of nitrogens with zero attached hydrogens (tertiary/aromatic N) is 2. The molecule has 1 N–H and O–H groups in total. The van der Waals surface area contributed by atoms with Gasteiger partial charge in [0.2, 0.25) is 5.88 Å². The van der Waals surface area contributed by atoms with Crippen LogP contribution in [0.3, 0.4) is 0 Å². The van der Waals surface area contributed by atoms with Crippen LogP contribution < -0.4 is 10.1 Å². The van der Waals surface area contributed by atoms with E-state index in [1.807, 2.05) is 6.92 Å². The van der Waals surface area contributed by atoms with Crippen molar-refractivity contribution in [2.75, 3.05) is 19.5 Å². The van der Waals surface area contributed by atoms with Crippen molar-refractivity contribution in [2.45, 2.75) is 13.3 Å². The van der Waals surface area contributed by atoms with Gasteiger partial charge in [-0.1, -0.05) is 6.92 Å². The Bertz CT molecular complexity index is 262. The third-order valence-corrected chi connectivity index (χ3v) is 1.60. The number of hydrogen-bond acceptors (Lipinski definition) is 4. The molecule has 0 saturated carbocycles. The molecule has 1 rings (SSSR count). The lowest BCUT2D eigenvalue weighted by molar-refractivity contribution is 0.390. The van der Waals surface area contributed by atoms with E-state index in [0.29, 0.717) is 5.88 Å². The summed E-state index contributed by atoms with van der Waals surface area (Å²) in [6.45, 7) is 2.02. The van der Waals surface area contributed by atoms with Crippen molar-refractivity contribution in [3.8, 4) is 5.88 Å². The van der Waals surface area contributed by atoms with Gasteiger partial charge in [0.05, 0.1) is 13.3 Å². The van der Waals surface area contributed by atoms with Gasteiger partial charge in [-0.25, -0.2) is 0 Å². The van der Waals surface area contributed by atoms with Crippen molar-refractivity contribution < 1.29 is 4.74 Å². The second kappa shape index (κ2) is 3.90. The first kappa shape index (κ1) is 8.77. The van der Waals surface area contributed by atoms with Gasteiger partial charge in [0.25, 0.3) is 0 Å². The van der Waals surface area contributed by atoms with Crippen LogP contribution in [0.4, 0.5) is 5.82 Å². The van der Waals surface area contributed by atoms with Crippen molar-refractivity contribution in [3.05, 3.63) is 11.9 Å². The number of nitrogens with one attached hydrogen (secondary N) is 1. The second-order valence-corrected chi connectivity index (χ2v) is 2.31. The van der Waals surface area contributed by atoms with Crippen LogP contribution in [0.15, 0.2) is 6.20 Å². The molecule has 1 aromatic heterocycles. The summed E-state index contributed by atoms with van der Waals surface area (Å²) in [4.78, 5) is 8.37. The number of hydrogen-bond donors (Lipinski definition) is 1. The molecule has 0 amide bonds. The average Bonchev–Trinajstić information content (AvgIpc) is 2.16. The Morgan fingerprint density at radius 1 is 1.58 bits per heavy atom. The van der Waals surface area contributed by atoms with Gasteiger partial charge in [-0.15, -0.1) is 0 Å². The SMILES string of the molecule is CCc1ncc(NC)nc1OC. The molecule has 0 aliphatic carbocycles. The number of rotatable bonds is 3. The van der Waals surface area contributed by atoms with Gasteiger partial charge < -0.3 is 10.1 Å². The number of anilines is 1. The third-order valence-electron chi connectivity index (χ3n) is 1.60. The summed E-state index contributed by atoms with van der Waals surface area (Å²) >= 11 is 0. The lowest BCUT2D eigenvalue weighted by Gasteiger charge is -2.05. The standard InChI is InChI=1S/C8H13N3O/c1-4-6-8(12-3)11-7(9-2)5-10-6/h5H,4H2,1-3H3,(H,9,11). The van der Waals surface area contributed by atoms with Gasteiger partial charge in [0, 0.05) is 7.05 Å². The average molecular weight is 167 g/mol. The summed E-state index contributed by atoms with van der Waals surface area (Å²) in [7, 11) is 3.40. The quantitative estimate of drug-likeness (QED) is 0.732. The van der Waals surface area contributed by atoms with Crippen molar-refractivity contribution in [3.63, 3.8) is 0 Å². The minimum absolute atomic E-state index is 0.601. The molecule has 4 heteroatoms. The fraction of sp³-hybridized carbons (Fsp3) is 0.500. The number of aromatic nitrogens is 2. The summed E-state index contributed by atoms with van der Waals surface area (Å²) in [5.41, 5.74) is 0.886. The molecule has 1 aromatic rings. The van der Waals surface area contributed by atoms with Crippen LogP contribution in [0.25, 0.3) is 0 Å². The Morgan fingerprint density at radius 2 is 2.33 bits per heavy atom. The summed E-state index contributed by atoms with van der Waals surface area (Å²) in [5.74, 6) is 1.33. The van der Waals surface area contributed by atoms with Crippen molar-refractivity contribution >= 4 is 5.82 Å². The van der Waals surface area contributed by atoms with Crippen molar-refractivity contribution in [2.24, 2.45) is 0 Å². The minimum atomic E-state index is 0.601. The van der Waals surface area contributed by atoms with Crippen LogP contribution in [0.5, 0.6) is 5.88 Å². The Kier molecular flexibility index (Phi) is 2.85. The summed E-state index contributed by atoms with van der Waals surface area (Å²) < 4.78 is 5.07. The van der Waals surface area contributed by atoms with Crippen LogP contribution in [-0.4, -0.2) is 24.1 Å². The Labute approximate surface area is 72.0 Å². The van der Waals surface area contributed by atoms with Gasteiger partial charge in [-0.05, 0) is 6.42 Å². The Hall–Kier alpha value is -1.32. The molecule has 4 nitrogen and oxygen atoms in total. The maximum atomic E-state index is 5.07. The molecule has 0 aliphatic heterocycles. The van der Waals surface area contributed by atoms with E-state index in [1.165, 1.54) is 0 Å². The first-order valence-corrected chi connectivity index (χ1v) is 3.89. The zero-order valence-electron chi connectivity index (χ0n) is 7.59. The lowest BCUT2D eigenvalue weighted by Crippen LogP contribution is -2.01. The third kappa shape index (κ3) is 1.64. The molecule has 0 bridgehead atoms. The molecule has 66 valence electrons. The van der Waals surface area contributed by atoms with E-state index in [2.05, 4.69) is 15.3 Å². The molecular formula is C8H13N3O. The first-order valence-electron chi connectivity index (χ1n) is 3.89. The van der Waals surface area contributed by atoms with E-state index in [1.54, 1.807) is 20.4 Å². The Balaban J connectivity index is 3.02. The zero-order chi connectivity index (χ0) is 8.97. The molecule has 0 spiro atoms. The highest BCUT2D eigenvalue weighted by atomic mass is 16.5. The number of methoxy groups -OCH3 is 1. The van der Waals surface area contributed by atoms with Crippen LogP contribution in [-0.2, 0) is 6.42 Å². The molecule has 1 heterocycles. The van der Waals surface area contributed by atoms with Crippen LogP contribution in [0, 0.1) is 0 Å². The highest BCUT2D eigenvalue weighted by molar-refractivity contribution is 5.35. The predicted octanol–water partition coefficient (Wildman–Crippen LogP) is 1.09.